The molecule has 0 atom stereocenters. The van der Waals surface area contributed by atoms with Crippen molar-refractivity contribution in [1.29, 1.82) is 0 Å². The third-order valence-corrected chi connectivity index (χ3v) is 7.14. The first kappa shape index (κ1) is 21.3. The van der Waals surface area contributed by atoms with Crippen LogP contribution < -0.4 is 10.0 Å². The van der Waals surface area contributed by atoms with Gasteiger partial charge in [0, 0.05) is 5.02 Å². The zero-order valence-electron chi connectivity index (χ0n) is 16.6. The molecule has 158 valence electrons. The molecule has 0 bridgehead atoms. The normalized spacial score (nSPS) is 11.5. The fourth-order valence-electron chi connectivity index (χ4n) is 3.18. The Balaban J connectivity index is 1.61. The van der Waals surface area contributed by atoms with Crippen LogP contribution in [-0.2, 0) is 10.0 Å². The van der Waals surface area contributed by atoms with Crippen LogP contribution in [-0.4, -0.2) is 19.3 Å². The molecule has 4 rings (SSSR count). The Labute approximate surface area is 189 Å². The average Bonchev–Trinajstić information content (AvgIpc) is 3.11. The number of nitrogens with one attached hydrogen (secondary N) is 2. The van der Waals surface area contributed by atoms with Gasteiger partial charge in [-0.3, -0.25) is 14.8 Å². The smallest absolute Gasteiger partial charge is 0.261 e. The molecule has 0 unspecified atom stereocenters. The Morgan fingerprint density at radius 2 is 1.74 bits per heavy atom. The zero-order valence-corrected chi connectivity index (χ0v) is 19.0. The summed E-state index contributed by atoms with van der Waals surface area (Å²) in [5.41, 5.74) is 3.34. The zero-order chi connectivity index (χ0) is 22.2. The molecule has 0 aliphatic heterocycles. The van der Waals surface area contributed by atoms with E-state index >= 15 is 0 Å². The molecule has 0 saturated heterocycles. The number of sulfonamides is 1. The van der Waals surface area contributed by atoms with Gasteiger partial charge in [-0.15, -0.1) is 0 Å². The highest BCUT2D eigenvalue weighted by molar-refractivity contribution is 7.92. The lowest BCUT2D eigenvalue weighted by Crippen LogP contribution is -2.18. The maximum atomic E-state index is 12.9. The summed E-state index contributed by atoms with van der Waals surface area (Å²) in [6.07, 6.45) is 0. The summed E-state index contributed by atoms with van der Waals surface area (Å²) < 4.78 is 28.9. The summed E-state index contributed by atoms with van der Waals surface area (Å²) in [6, 6.07) is 16.3. The highest BCUT2D eigenvalue weighted by atomic mass is 35.5. The minimum atomic E-state index is -3.89. The molecule has 3 aromatic carbocycles. The average molecular weight is 472 g/mol. The van der Waals surface area contributed by atoms with E-state index in [4.69, 9.17) is 11.6 Å². The van der Waals surface area contributed by atoms with E-state index in [9.17, 15) is 13.2 Å². The predicted molar refractivity (Wildman–Crippen MR) is 126 cm³/mol. The number of anilines is 2. The predicted octanol–water partition coefficient (Wildman–Crippen LogP) is 5.62. The molecule has 9 heteroatoms. The number of amides is 1. The Morgan fingerprint density at radius 1 is 1.03 bits per heavy atom. The lowest BCUT2D eigenvalue weighted by atomic mass is 10.1. The van der Waals surface area contributed by atoms with E-state index in [-0.39, 0.29) is 16.1 Å². The topological polar surface area (TPSA) is 88.2 Å². The Morgan fingerprint density at radius 3 is 2.48 bits per heavy atom. The third-order valence-electron chi connectivity index (χ3n) is 4.59. The SMILES string of the molecule is Cc1cc(C)c2nc(NC(=O)c3ccccc3NS(=O)(=O)c3ccc(Cl)cc3)sc2c1. The van der Waals surface area contributed by atoms with Gasteiger partial charge in [-0.1, -0.05) is 41.1 Å². The Bertz CT molecular complexity index is 1400. The highest BCUT2D eigenvalue weighted by Crippen LogP contribution is 2.30. The van der Waals surface area contributed by atoms with Gasteiger partial charge in [0.1, 0.15) is 0 Å². The van der Waals surface area contributed by atoms with Crippen LogP contribution in [0.4, 0.5) is 10.8 Å². The number of aryl methyl sites for hydroxylation is 2. The number of fused-ring (bicyclic) bond motifs is 1. The molecule has 31 heavy (non-hydrogen) atoms. The van der Waals surface area contributed by atoms with Crippen molar-refractivity contribution in [3.05, 3.63) is 82.4 Å². The van der Waals surface area contributed by atoms with Crippen LogP contribution in [0.15, 0.2) is 65.6 Å². The molecule has 1 amide bonds. The van der Waals surface area contributed by atoms with Gasteiger partial charge >= 0.3 is 0 Å². The third kappa shape index (κ3) is 4.56. The lowest BCUT2D eigenvalue weighted by molar-refractivity contribution is 0.102. The van der Waals surface area contributed by atoms with Gasteiger partial charge < -0.3 is 0 Å². The summed E-state index contributed by atoms with van der Waals surface area (Å²) in [7, 11) is -3.89. The number of hydrogen-bond acceptors (Lipinski definition) is 5. The lowest BCUT2D eigenvalue weighted by Gasteiger charge is -2.12. The largest absolute Gasteiger partial charge is 0.298 e. The van der Waals surface area contributed by atoms with Crippen molar-refractivity contribution in [3.63, 3.8) is 0 Å². The molecule has 0 radical (unpaired) electrons. The van der Waals surface area contributed by atoms with Crippen molar-refractivity contribution < 1.29 is 13.2 Å². The first-order valence-corrected chi connectivity index (χ1v) is 12.0. The van der Waals surface area contributed by atoms with Crippen LogP contribution in [0.1, 0.15) is 21.5 Å². The molecule has 1 heterocycles. The highest BCUT2D eigenvalue weighted by Gasteiger charge is 2.19. The molecule has 4 aromatic rings. The van der Waals surface area contributed by atoms with Crippen LogP contribution in [0.25, 0.3) is 10.2 Å². The molecule has 2 N–H and O–H groups in total. The number of carbonyl (C=O) groups excluding carboxylic acids is 1. The molecule has 0 aliphatic carbocycles. The quantitative estimate of drug-likeness (QED) is 0.395. The number of nitrogens with zero attached hydrogens (tertiary/aromatic N) is 1. The molecular formula is C22H18ClN3O3S2. The van der Waals surface area contributed by atoms with Crippen LogP contribution in [0.3, 0.4) is 0 Å². The first-order valence-electron chi connectivity index (χ1n) is 9.29. The number of aromatic nitrogens is 1. The Hall–Kier alpha value is -2.94. The minimum Gasteiger partial charge on any atom is -0.298 e. The molecule has 0 spiro atoms. The van der Waals surface area contributed by atoms with Crippen molar-refractivity contribution >= 4 is 59.9 Å². The second-order valence-corrected chi connectivity index (χ2v) is 10.2. The van der Waals surface area contributed by atoms with Gasteiger partial charge in [0.25, 0.3) is 15.9 Å². The number of para-hydroxylation sites is 1. The van der Waals surface area contributed by atoms with Crippen molar-refractivity contribution in [2.75, 3.05) is 10.0 Å². The van der Waals surface area contributed by atoms with Crippen molar-refractivity contribution in [2.45, 2.75) is 18.7 Å². The number of benzene rings is 3. The summed E-state index contributed by atoms with van der Waals surface area (Å²) in [5.74, 6) is -0.456. The van der Waals surface area contributed by atoms with E-state index in [2.05, 4.69) is 15.0 Å². The molecule has 0 aliphatic rings. The summed E-state index contributed by atoms with van der Waals surface area (Å²) in [5, 5.41) is 3.66. The maximum Gasteiger partial charge on any atom is 0.261 e. The van der Waals surface area contributed by atoms with Gasteiger partial charge in [0.05, 0.1) is 26.4 Å². The molecule has 1 aromatic heterocycles. The second-order valence-electron chi connectivity index (χ2n) is 7.01. The van der Waals surface area contributed by atoms with Crippen LogP contribution in [0.2, 0.25) is 5.02 Å². The summed E-state index contributed by atoms with van der Waals surface area (Å²) >= 11 is 7.21. The summed E-state index contributed by atoms with van der Waals surface area (Å²) in [6.45, 7) is 3.98. The van der Waals surface area contributed by atoms with E-state index in [1.54, 1.807) is 18.2 Å². The number of rotatable bonds is 5. The number of carbonyl (C=O) groups is 1. The van der Waals surface area contributed by atoms with Gasteiger partial charge in [0.2, 0.25) is 0 Å². The van der Waals surface area contributed by atoms with Crippen LogP contribution in [0, 0.1) is 13.8 Å². The number of halogens is 1. The van der Waals surface area contributed by atoms with E-state index in [0.29, 0.717) is 10.2 Å². The fraction of sp³-hybridized carbons (Fsp3) is 0.0909. The van der Waals surface area contributed by atoms with Gasteiger partial charge in [-0.25, -0.2) is 13.4 Å². The van der Waals surface area contributed by atoms with E-state index in [0.717, 1.165) is 21.3 Å². The standard InChI is InChI=1S/C22H18ClN3O3S2/c1-13-11-14(2)20-19(12-13)30-22(24-20)25-21(27)17-5-3-4-6-18(17)26-31(28,29)16-9-7-15(23)8-10-16/h3-12,26H,1-2H3,(H,24,25,27). The van der Waals surface area contributed by atoms with Gasteiger partial charge in [-0.2, -0.15) is 0 Å². The molecule has 6 nitrogen and oxygen atoms in total. The van der Waals surface area contributed by atoms with Crippen LogP contribution >= 0.6 is 22.9 Å². The second kappa shape index (κ2) is 8.30. The monoisotopic (exact) mass is 471 g/mol. The van der Waals surface area contributed by atoms with Crippen molar-refractivity contribution in [1.82, 2.24) is 4.98 Å². The van der Waals surface area contributed by atoms with Crippen LogP contribution in [0.5, 0.6) is 0 Å². The van der Waals surface area contributed by atoms with E-state index in [1.807, 2.05) is 26.0 Å². The molecule has 0 fully saturated rings. The Kier molecular flexibility index (Phi) is 5.70. The summed E-state index contributed by atoms with van der Waals surface area (Å²) in [4.78, 5) is 17.5. The van der Waals surface area contributed by atoms with E-state index < -0.39 is 15.9 Å². The maximum absolute atomic E-state index is 12.9. The number of hydrogen-bond donors (Lipinski definition) is 2. The van der Waals surface area contributed by atoms with E-state index in [1.165, 1.54) is 41.7 Å². The minimum absolute atomic E-state index is 0.0455. The fourth-order valence-corrected chi connectivity index (χ4v) is 5.42. The number of thiazole rings is 1. The molecular weight excluding hydrogens is 454 g/mol. The van der Waals surface area contributed by atoms with Gasteiger partial charge in [0.15, 0.2) is 5.13 Å². The first-order chi connectivity index (χ1) is 14.7. The van der Waals surface area contributed by atoms with Crippen molar-refractivity contribution in [2.24, 2.45) is 0 Å². The van der Waals surface area contributed by atoms with Crippen molar-refractivity contribution in [3.8, 4) is 0 Å². The molecule has 0 saturated carbocycles. The van der Waals surface area contributed by atoms with Gasteiger partial charge in [-0.05, 0) is 67.4 Å².